The third-order valence-corrected chi connectivity index (χ3v) is 5.62. The first-order valence-corrected chi connectivity index (χ1v) is 11.5. The summed E-state index contributed by atoms with van der Waals surface area (Å²) in [5.41, 5.74) is 2.10. The first kappa shape index (κ1) is 20.9. The van der Waals surface area contributed by atoms with Gasteiger partial charge in [-0.2, -0.15) is 0 Å². The molecular formula is C22H27O4Si. The molecule has 0 amide bonds. The van der Waals surface area contributed by atoms with Crippen LogP contribution in [0.5, 0.6) is 5.75 Å². The van der Waals surface area contributed by atoms with E-state index >= 15 is 0 Å². The van der Waals surface area contributed by atoms with E-state index in [1.165, 1.54) is 6.92 Å². The smallest absolute Gasteiger partial charge is 0.342 e. The number of carbonyl (C=O) groups excluding carboxylic acids is 2. The Hall–Kier alpha value is -2.40. The Morgan fingerprint density at radius 1 is 1.04 bits per heavy atom. The summed E-state index contributed by atoms with van der Waals surface area (Å²) in [6.45, 7) is 12.0. The molecule has 0 saturated carbocycles. The molecule has 0 fully saturated rings. The SMILES string of the molecule is CC(=O)Oc1c(C(=O)OCc2ccccc2)cc(C(C)(C)C)cc1[Si](C)C. The van der Waals surface area contributed by atoms with E-state index in [-0.39, 0.29) is 12.0 Å². The van der Waals surface area contributed by atoms with Gasteiger partial charge in [0.25, 0.3) is 0 Å². The molecule has 2 rings (SSSR count). The third kappa shape index (κ3) is 5.53. The van der Waals surface area contributed by atoms with E-state index in [9.17, 15) is 9.59 Å². The highest BCUT2D eigenvalue weighted by Gasteiger charge is 2.26. The molecule has 0 unspecified atom stereocenters. The van der Waals surface area contributed by atoms with Crippen molar-refractivity contribution in [2.24, 2.45) is 0 Å². The van der Waals surface area contributed by atoms with Gasteiger partial charge in [-0.1, -0.05) is 70.3 Å². The summed E-state index contributed by atoms with van der Waals surface area (Å²) in [6.07, 6.45) is 0. The molecule has 0 aliphatic heterocycles. The zero-order valence-corrected chi connectivity index (χ0v) is 17.9. The summed E-state index contributed by atoms with van der Waals surface area (Å²) in [5, 5.41) is 0.925. The van der Waals surface area contributed by atoms with Gasteiger partial charge in [-0.3, -0.25) is 4.79 Å². The third-order valence-electron chi connectivity index (χ3n) is 4.17. The Bertz CT molecular complexity index is 820. The monoisotopic (exact) mass is 383 g/mol. The molecule has 0 atom stereocenters. The van der Waals surface area contributed by atoms with Crippen LogP contribution in [0.2, 0.25) is 13.1 Å². The average Bonchev–Trinajstić information content (AvgIpc) is 2.59. The minimum absolute atomic E-state index is 0.144. The van der Waals surface area contributed by atoms with Crippen LogP contribution < -0.4 is 9.92 Å². The topological polar surface area (TPSA) is 52.6 Å². The second kappa shape index (κ2) is 8.52. The lowest BCUT2D eigenvalue weighted by Crippen LogP contribution is -2.30. The predicted molar refractivity (Wildman–Crippen MR) is 109 cm³/mol. The van der Waals surface area contributed by atoms with E-state index in [1.54, 1.807) is 6.07 Å². The van der Waals surface area contributed by atoms with Crippen molar-refractivity contribution in [3.8, 4) is 5.75 Å². The molecule has 0 spiro atoms. The molecule has 2 aromatic carbocycles. The van der Waals surface area contributed by atoms with Crippen LogP contribution in [0, 0.1) is 0 Å². The maximum absolute atomic E-state index is 12.9. The van der Waals surface area contributed by atoms with Crippen LogP contribution in [-0.4, -0.2) is 20.7 Å². The molecule has 143 valence electrons. The molecule has 0 aliphatic rings. The van der Waals surface area contributed by atoms with Crippen LogP contribution in [-0.2, 0) is 21.6 Å². The summed E-state index contributed by atoms with van der Waals surface area (Å²) < 4.78 is 11.0. The van der Waals surface area contributed by atoms with Crippen LogP contribution in [0.15, 0.2) is 42.5 Å². The van der Waals surface area contributed by atoms with Gasteiger partial charge in [0.1, 0.15) is 17.9 Å². The summed E-state index contributed by atoms with van der Waals surface area (Å²) in [5.74, 6) is -0.585. The van der Waals surface area contributed by atoms with Crippen molar-refractivity contribution in [1.82, 2.24) is 0 Å². The van der Waals surface area contributed by atoms with Crippen molar-refractivity contribution in [3.63, 3.8) is 0 Å². The highest BCUT2D eigenvalue weighted by molar-refractivity contribution is 6.71. The van der Waals surface area contributed by atoms with Crippen molar-refractivity contribution in [2.75, 3.05) is 0 Å². The number of ether oxygens (including phenoxy) is 2. The molecule has 0 aromatic heterocycles. The van der Waals surface area contributed by atoms with Gasteiger partial charge in [0.2, 0.25) is 0 Å². The summed E-state index contributed by atoms with van der Waals surface area (Å²) in [4.78, 5) is 24.5. The van der Waals surface area contributed by atoms with Crippen LogP contribution in [0.3, 0.4) is 0 Å². The number of benzene rings is 2. The Morgan fingerprint density at radius 2 is 1.67 bits per heavy atom. The zero-order valence-electron chi connectivity index (χ0n) is 16.9. The molecule has 5 heteroatoms. The van der Waals surface area contributed by atoms with Gasteiger partial charge in [-0.05, 0) is 27.8 Å². The minimum Gasteiger partial charge on any atom is -0.457 e. The standard InChI is InChI=1S/C22H27O4Si/c1-15(23)26-20-18(21(24)25-14-16-10-8-7-9-11-16)12-17(22(2,3)4)13-19(20)27(5)6/h7-13H,14H2,1-6H3. The highest BCUT2D eigenvalue weighted by atomic mass is 28.3. The maximum Gasteiger partial charge on any atom is 0.342 e. The quantitative estimate of drug-likeness (QED) is 0.440. The molecule has 0 aliphatic carbocycles. The molecule has 0 saturated heterocycles. The van der Waals surface area contributed by atoms with Crippen molar-refractivity contribution < 1.29 is 19.1 Å². The Balaban J connectivity index is 2.48. The van der Waals surface area contributed by atoms with Gasteiger partial charge < -0.3 is 9.47 Å². The fourth-order valence-corrected chi connectivity index (χ4v) is 3.72. The summed E-state index contributed by atoms with van der Waals surface area (Å²) in [7, 11) is -0.975. The largest absolute Gasteiger partial charge is 0.457 e. The molecule has 4 nitrogen and oxygen atoms in total. The second-order valence-electron chi connectivity index (χ2n) is 7.81. The number of esters is 2. The van der Waals surface area contributed by atoms with Crippen LogP contribution in [0.4, 0.5) is 0 Å². The van der Waals surface area contributed by atoms with Crippen LogP contribution in [0.25, 0.3) is 0 Å². The Kier molecular flexibility index (Phi) is 6.60. The van der Waals surface area contributed by atoms with Crippen molar-refractivity contribution in [3.05, 3.63) is 59.2 Å². The van der Waals surface area contributed by atoms with Gasteiger partial charge in [-0.25, -0.2) is 4.79 Å². The molecule has 0 bridgehead atoms. The number of carbonyl (C=O) groups is 2. The lowest BCUT2D eigenvalue weighted by molar-refractivity contribution is -0.131. The lowest BCUT2D eigenvalue weighted by atomic mass is 9.86. The Labute approximate surface area is 163 Å². The Morgan fingerprint density at radius 3 is 2.19 bits per heavy atom. The van der Waals surface area contributed by atoms with Crippen molar-refractivity contribution in [2.45, 2.75) is 52.8 Å². The molecule has 2 aromatic rings. The molecule has 0 N–H and O–H groups in total. The molecule has 1 radical (unpaired) electrons. The summed E-state index contributed by atoms with van der Waals surface area (Å²) in [6, 6.07) is 13.4. The van der Waals surface area contributed by atoms with E-state index in [4.69, 9.17) is 9.47 Å². The predicted octanol–water partition coefficient (Wildman–Crippen LogP) is 4.23. The maximum atomic E-state index is 12.9. The fraction of sp³-hybridized carbons (Fsp3) is 0.364. The first-order valence-electron chi connectivity index (χ1n) is 8.98. The summed E-state index contributed by atoms with van der Waals surface area (Å²) >= 11 is 0. The fourth-order valence-electron chi connectivity index (χ4n) is 2.64. The van der Waals surface area contributed by atoms with Gasteiger partial charge >= 0.3 is 11.9 Å². The number of rotatable bonds is 5. The van der Waals surface area contributed by atoms with E-state index in [0.717, 1.165) is 16.3 Å². The lowest BCUT2D eigenvalue weighted by Gasteiger charge is -2.24. The normalized spacial score (nSPS) is 11.4. The zero-order chi connectivity index (χ0) is 20.2. The van der Waals surface area contributed by atoms with Crippen LogP contribution >= 0.6 is 0 Å². The van der Waals surface area contributed by atoms with E-state index in [1.807, 2.05) is 30.3 Å². The van der Waals surface area contributed by atoms with Gasteiger partial charge in [-0.15, -0.1) is 0 Å². The number of hydrogen-bond donors (Lipinski definition) is 0. The van der Waals surface area contributed by atoms with E-state index in [0.29, 0.717) is 11.3 Å². The van der Waals surface area contributed by atoms with Crippen LogP contribution in [0.1, 0.15) is 49.2 Å². The average molecular weight is 384 g/mol. The highest BCUT2D eigenvalue weighted by Crippen LogP contribution is 2.28. The first-order chi connectivity index (χ1) is 12.6. The molecular weight excluding hydrogens is 356 g/mol. The van der Waals surface area contributed by atoms with E-state index < -0.39 is 20.7 Å². The van der Waals surface area contributed by atoms with Gasteiger partial charge in [0.05, 0.1) is 8.80 Å². The second-order valence-corrected chi connectivity index (χ2v) is 10.3. The van der Waals surface area contributed by atoms with E-state index in [2.05, 4.69) is 39.9 Å². The molecule has 27 heavy (non-hydrogen) atoms. The van der Waals surface area contributed by atoms with Crippen molar-refractivity contribution in [1.29, 1.82) is 0 Å². The van der Waals surface area contributed by atoms with Gasteiger partial charge in [0, 0.05) is 6.92 Å². The van der Waals surface area contributed by atoms with Crippen molar-refractivity contribution >= 4 is 25.9 Å². The molecule has 0 heterocycles. The minimum atomic E-state index is -0.975. The number of hydrogen-bond acceptors (Lipinski definition) is 4. The van der Waals surface area contributed by atoms with Gasteiger partial charge in [0.15, 0.2) is 0 Å².